The zero-order chi connectivity index (χ0) is 16.3. The first-order valence-corrected chi connectivity index (χ1v) is 9.35. The molecular weight excluding hydrogens is 349 g/mol. The Morgan fingerprint density at radius 2 is 2.05 bits per heavy atom. The summed E-state index contributed by atoms with van der Waals surface area (Å²) in [5.74, 6) is 0. The van der Waals surface area contributed by atoms with Crippen LogP contribution in [0.2, 0.25) is 10.0 Å². The molecule has 0 atom stereocenters. The van der Waals surface area contributed by atoms with Crippen molar-refractivity contribution in [1.29, 1.82) is 0 Å². The minimum absolute atomic E-state index is 0.0665. The van der Waals surface area contributed by atoms with E-state index in [0.717, 1.165) is 23.4 Å². The smallest absolute Gasteiger partial charge is 0.315 e. The van der Waals surface area contributed by atoms with Gasteiger partial charge in [0.15, 0.2) is 0 Å². The number of hydrogen-bond donors (Lipinski definition) is 2. The fourth-order valence-electron chi connectivity index (χ4n) is 1.88. The molecule has 2 rings (SSSR count). The first kappa shape index (κ1) is 17.2. The molecular formula is C13H17Cl2N3O3S. The molecule has 0 unspecified atom stereocenters. The zero-order valence-electron chi connectivity index (χ0n) is 12.0. The second kappa shape index (κ2) is 6.93. The molecule has 0 bridgehead atoms. The van der Waals surface area contributed by atoms with Gasteiger partial charge in [-0.25, -0.2) is 13.2 Å². The highest BCUT2D eigenvalue weighted by atomic mass is 35.5. The van der Waals surface area contributed by atoms with Crippen LogP contribution in [0.15, 0.2) is 18.2 Å². The van der Waals surface area contributed by atoms with Crippen molar-refractivity contribution in [2.24, 2.45) is 0 Å². The summed E-state index contributed by atoms with van der Waals surface area (Å²) in [5, 5.41) is 6.05. The van der Waals surface area contributed by atoms with Crippen LogP contribution in [0.3, 0.4) is 0 Å². The highest BCUT2D eigenvalue weighted by Gasteiger charge is 2.24. The van der Waals surface area contributed by atoms with Crippen molar-refractivity contribution in [2.45, 2.75) is 18.9 Å². The summed E-state index contributed by atoms with van der Waals surface area (Å²) in [4.78, 5) is 11.5. The largest absolute Gasteiger partial charge is 0.336 e. The molecule has 22 heavy (non-hydrogen) atoms. The third-order valence-electron chi connectivity index (χ3n) is 3.09. The van der Waals surface area contributed by atoms with E-state index in [1.807, 2.05) is 0 Å². The molecule has 1 fully saturated rings. The lowest BCUT2D eigenvalue weighted by Gasteiger charge is -2.23. The van der Waals surface area contributed by atoms with Crippen molar-refractivity contribution < 1.29 is 13.2 Å². The minimum Gasteiger partial charge on any atom is -0.336 e. The molecule has 2 N–H and O–H groups in total. The number of amides is 2. The van der Waals surface area contributed by atoms with Gasteiger partial charge in [0, 0.05) is 17.6 Å². The van der Waals surface area contributed by atoms with E-state index in [1.54, 1.807) is 6.07 Å². The number of benzene rings is 1. The number of rotatable bonds is 6. The number of sulfonamides is 1. The summed E-state index contributed by atoms with van der Waals surface area (Å²) in [6, 6.07) is 4.54. The Balaban J connectivity index is 2.03. The van der Waals surface area contributed by atoms with Crippen molar-refractivity contribution in [3.8, 4) is 0 Å². The van der Waals surface area contributed by atoms with Crippen LogP contribution < -0.4 is 14.9 Å². The molecule has 0 radical (unpaired) electrons. The molecule has 0 aromatic heterocycles. The Bertz CT molecular complexity index is 662. The van der Waals surface area contributed by atoms with E-state index >= 15 is 0 Å². The van der Waals surface area contributed by atoms with E-state index in [0.29, 0.717) is 10.7 Å². The average Bonchev–Trinajstić information content (AvgIpc) is 3.20. The monoisotopic (exact) mass is 365 g/mol. The molecule has 0 spiro atoms. The SMILES string of the molecule is CS(=O)(=O)N(CCNC(=O)NC1CC1)c1cc(Cl)ccc1Cl. The van der Waals surface area contributed by atoms with Gasteiger partial charge in [-0.3, -0.25) is 4.31 Å². The van der Waals surface area contributed by atoms with Gasteiger partial charge in [0.05, 0.1) is 23.5 Å². The Morgan fingerprint density at radius 1 is 1.36 bits per heavy atom. The molecule has 0 saturated heterocycles. The number of carbonyl (C=O) groups excluding carboxylic acids is 1. The molecule has 2 amide bonds. The zero-order valence-corrected chi connectivity index (χ0v) is 14.3. The van der Waals surface area contributed by atoms with Gasteiger partial charge in [0.1, 0.15) is 0 Å². The van der Waals surface area contributed by atoms with Gasteiger partial charge < -0.3 is 10.6 Å². The summed E-state index contributed by atoms with van der Waals surface area (Å²) >= 11 is 12.0. The van der Waals surface area contributed by atoms with Crippen molar-refractivity contribution in [3.63, 3.8) is 0 Å². The summed E-state index contributed by atoms with van der Waals surface area (Å²) < 4.78 is 25.0. The van der Waals surface area contributed by atoms with E-state index in [1.165, 1.54) is 12.1 Å². The lowest BCUT2D eigenvalue weighted by atomic mass is 10.3. The van der Waals surface area contributed by atoms with Crippen LogP contribution >= 0.6 is 23.2 Å². The maximum absolute atomic E-state index is 12.0. The second-order valence-corrected chi connectivity index (χ2v) is 7.86. The molecule has 1 aromatic rings. The minimum atomic E-state index is -3.55. The molecule has 1 saturated carbocycles. The first-order valence-electron chi connectivity index (χ1n) is 6.74. The van der Waals surface area contributed by atoms with E-state index in [4.69, 9.17) is 23.2 Å². The van der Waals surface area contributed by atoms with Crippen LogP contribution in [-0.4, -0.2) is 39.8 Å². The van der Waals surface area contributed by atoms with E-state index in [2.05, 4.69) is 10.6 Å². The van der Waals surface area contributed by atoms with E-state index < -0.39 is 10.0 Å². The summed E-state index contributed by atoms with van der Waals surface area (Å²) in [6.45, 7) is 0.228. The number of hydrogen-bond acceptors (Lipinski definition) is 3. The topological polar surface area (TPSA) is 78.5 Å². The summed E-state index contributed by atoms with van der Waals surface area (Å²) in [7, 11) is -3.55. The molecule has 1 aliphatic carbocycles. The van der Waals surface area contributed by atoms with Gasteiger partial charge in [0.25, 0.3) is 0 Å². The number of nitrogens with one attached hydrogen (secondary N) is 2. The van der Waals surface area contributed by atoms with Crippen LogP contribution in [0.1, 0.15) is 12.8 Å². The van der Waals surface area contributed by atoms with Crippen LogP contribution in [-0.2, 0) is 10.0 Å². The standard InChI is InChI=1S/C13H17Cl2N3O3S/c1-22(20,21)18(12-8-9(14)2-5-11(12)15)7-6-16-13(19)17-10-3-4-10/h2,5,8,10H,3-4,6-7H2,1H3,(H2,16,17,19). The Hall–Kier alpha value is -1.18. The Labute approximate surface area is 139 Å². The molecule has 0 aliphatic heterocycles. The van der Waals surface area contributed by atoms with E-state index in [-0.39, 0.29) is 30.2 Å². The maximum atomic E-state index is 12.0. The molecule has 122 valence electrons. The van der Waals surface area contributed by atoms with Crippen molar-refractivity contribution in [2.75, 3.05) is 23.7 Å². The summed E-state index contributed by atoms with van der Waals surface area (Å²) in [6.07, 6.45) is 3.05. The highest BCUT2D eigenvalue weighted by Crippen LogP contribution is 2.30. The molecule has 9 heteroatoms. The first-order chi connectivity index (χ1) is 10.3. The maximum Gasteiger partial charge on any atom is 0.315 e. The predicted molar refractivity (Wildman–Crippen MR) is 88.2 cm³/mol. The van der Waals surface area contributed by atoms with Gasteiger partial charge in [-0.1, -0.05) is 23.2 Å². The van der Waals surface area contributed by atoms with Gasteiger partial charge in [-0.2, -0.15) is 0 Å². The van der Waals surface area contributed by atoms with Crippen molar-refractivity contribution in [3.05, 3.63) is 28.2 Å². The van der Waals surface area contributed by atoms with Crippen LogP contribution in [0, 0.1) is 0 Å². The fraction of sp³-hybridized carbons (Fsp3) is 0.462. The van der Waals surface area contributed by atoms with Gasteiger partial charge in [0.2, 0.25) is 10.0 Å². The van der Waals surface area contributed by atoms with Gasteiger partial charge >= 0.3 is 6.03 Å². The molecule has 6 nitrogen and oxygen atoms in total. The fourth-order valence-corrected chi connectivity index (χ4v) is 3.24. The normalized spacial score (nSPS) is 14.5. The number of carbonyl (C=O) groups is 1. The second-order valence-electron chi connectivity index (χ2n) is 5.11. The lowest BCUT2D eigenvalue weighted by Crippen LogP contribution is -2.42. The van der Waals surface area contributed by atoms with Gasteiger partial charge in [-0.05, 0) is 31.0 Å². The quantitative estimate of drug-likeness (QED) is 0.810. The average molecular weight is 366 g/mol. The molecule has 0 heterocycles. The number of nitrogens with zero attached hydrogens (tertiary/aromatic N) is 1. The number of anilines is 1. The van der Waals surface area contributed by atoms with Gasteiger partial charge in [-0.15, -0.1) is 0 Å². The van der Waals surface area contributed by atoms with Crippen molar-refractivity contribution >= 4 is 44.9 Å². The summed E-state index contributed by atoms with van der Waals surface area (Å²) in [5.41, 5.74) is 0.293. The van der Waals surface area contributed by atoms with Crippen LogP contribution in [0.4, 0.5) is 10.5 Å². The van der Waals surface area contributed by atoms with Crippen LogP contribution in [0.5, 0.6) is 0 Å². The molecule has 1 aromatic carbocycles. The van der Waals surface area contributed by atoms with E-state index in [9.17, 15) is 13.2 Å². The molecule has 1 aliphatic rings. The highest BCUT2D eigenvalue weighted by molar-refractivity contribution is 7.92. The third-order valence-corrected chi connectivity index (χ3v) is 4.82. The number of halogens is 2. The van der Waals surface area contributed by atoms with Crippen LogP contribution in [0.25, 0.3) is 0 Å². The number of urea groups is 1. The third kappa shape index (κ3) is 4.93. The Morgan fingerprint density at radius 3 is 2.64 bits per heavy atom. The Kier molecular flexibility index (Phi) is 5.41. The van der Waals surface area contributed by atoms with Crippen molar-refractivity contribution in [1.82, 2.24) is 10.6 Å². The lowest BCUT2D eigenvalue weighted by molar-refractivity contribution is 0.241. The predicted octanol–water partition coefficient (Wildman–Crippen LogP) is 2.22.